The predicted octanol–water partition coefficient (Wildman–Crippen LogP) is 3.00. The van der Waals surface area contributed by atoms with E-state index < -0.39 is 5.60 Å². The van der Waals surface area contributed by atoms with Gasteiger partial charge in [0.25, 0.3) is 0 Å². The standard InChI is InChI=1S/C16H21NO/c1-16(18,11-12-17(2)3)15-10-6-8-13-7-4-5-9-14(13)15/h4-10,18H,11-12H2,1-3H3. The van der Waals surface area contributed by atoms with Crippen LogP contribution in [0.15, 0.2) is 42.5 Å². The third-order valence-corrected chi connectivity index (χ3v) is 3.42. The fourth-order valence-corrected chi connectivity index (χ4v) is 2.27. The molecule has 18 heavy (non-hydrogen) atoms. The van der Waals surface area contributed by atoms with Gasteiger partial charge in [-0.3, -0.25) is 0 Å². The third kappa shape index (κ3) is 2.71. The maximum atomic E-state index is 10.7. The zero-order chi connectivity index (χ0) is 13.2. The van der Waals surface area contributed by atoms with Crippen molar-refractivity contribution in [2.75, 3.05) is 20.6 Å². The van der Waals surface area contributed by atoms with Crippen LogP contribution in [0.1, 0.15) is 18.9 Å². The molecular formula is C16H21NO. The van der Waals surface area contributed by atoms with Crippen molar-refractivity contribution in [2.24, 2.45) is 0 Å². The van der Waals surface area contributed by atoms with E-state index in [1.54, 1.807) is 0 Å². The Morgan fingerprint density at radius 1 is 1.06 bits per heavy atom. The lowest BCUT2D eigenvalue weighted by Crippen LogP contribution is -2.27. The van der Waals surface area contributed by atoms with E-state index in [1.807, 2.05) is 45.3 Å². The summed E-state index contributed by atoms with van der Waals surface area (Å²) in [6.07, 6.45) is 0.730. The van der Waals surface area contributed by atoms with Gasteiger partial charge in [-0.2, -0.15) is 0 Å². The Kier molecular flexibility index (Phi) is 3.69. The molecule has 0 saturated carbocycles. The molecule has 0 aliphatic carbocycles. The van der Waals surface area contributed by atoms with E-state index in [0.717, 1.165) is 23.9 Å². The number of benzene rings is 2. The number of hydrogen-bond acceptors (Lipinski definition) is 2. The van der Waals surface area contributed by atoms with Crippen LogP contribution in [0.2, 0.25) is 0 Å². The highest BCUT2D eigenvalue weighted by atomic mass is 16.3. The minimum Gasteiger partial charge on any atom is -0.385 e. The Balaban J connectivity index is 2.40. The van der Waals surface area contributed by atoms with Crippen molar-refractivity contribution in [3.63, 3.8) is 0 Å². The molecule has 0 aromatic heterocycles. The lowest BCUT2D eigenvalue weighted by atomic mass is 9.88. The fourth-order valence-electron chi connectivity index (χ4n) is 2.27. The highest BCUT2D eigenvalue weighted by Gasteiger charge is 2.24. The van der Waals surface area contributed by atoms with Crippen molar-refractivity contribution in [2.45, 2.75) is 18.9 Å². The zero-order valence-electron chi connectivity index (χ0n) is 11.4. The summed E-state index contributed by atoms with van der Waals surface area (Å²) in [5, 5.41) is 13.0. The Morgan fingerprint density at radius 3 is 2.44 bits per heavy atom. The maximum Gasteiger partial charge on any atom is 0.0886 e. The number of hydrogen-bond donors (Lipinski definition) is 1. The van der Waals surface area contributed by atoms with Crippen LogP contribution in [-0.2, 0) is 5.60 Å². The molecule has 96 valence electrons. The summed E-state index contributed by atoms with van der Waals surface area (Å²) in [6.45, 7) is 2.77. The fraction of sp³-hybridized carbons (Fsp3) is 0.375. The van der Waals surface area contributed by atoms with Gasteiger partial charge in [-0.1, -0.05) is 42.5 Å². The Morgan fingerprint density at radius 2 is 1.72 bits per heavy atom. The summed E-state index contributed by atoms with van der Waals surface area (Å²) in [6, 6.07) is 14.3. The summed E-state index contributed by atoms with van der Waals surface area (Å²) in [4.78, 5) is 2.10. The second-order valence-electron chi connectivity index (χ2n) is 5.35. The van der Waals surface area contributed by atoms with Gasteiger partial charge in [-0.25, -0.2) is 0 Å². The van der Waals surface area contributed by atoms with E-state index in [-0.39, 0.29) is 0 Å². The second-order valence-corrected chi connectivity index (χ2v) is 5.35. The second kappa shape index (κ2) is 5.09. The van der Waals surface area contributed by atoms with Crippen LogP contribution in [0, 0.1) is 0 Å². The van der Waals surface area contributed by atoms with Crippen LogP contribution in [0.25, 0.3) is 10.8 Å². The van der Waals surface area contributed by atoms with Crippen LogP contribution in [0.5, 0.6) is 0 Å². The Bertz CT molecular complexity index is 526. The highest BCUT2D eigenvalue weighted by molar-refractivity contribution is 5.86. The first kappa shape index (κ1) is 13.1. The van der Waals surface area contributed by atoms with Gasteiger partial charge in [-0.15, -0.1) is 0 Å². The lowest BCUT2D eigenvalue weighted by molar-refractivity contribution is 0.0420. The molecule has 0 aliphatic rings. The first-order chi connectivity index (χ1) is 8.50. The summed E-state index contributed by atoms with van der Waals surface area (Å²) in [5.41, 5.74) is 0.230. The molecule has 2 aromatic carbocycles. The molecule has 0 spiro atoms. The Hall–Kier alpha value is -1.38. The van der Waals surface area contributed by atoms with Gasteiger partial charge in [0, 0.05) is 6.54 Å². The van der Waals surface area contributed by atoms with Crippen molar-refractivity contribution in [3.05, 3.63) is 48.0 Å². The molecule has 0 amide bonds. The molecule has 0 saturated heterocycles. The number of rotatable bonds is 4. The normalized spacial score (nSPS) is 14.9. The van der Waals surface area contributed by atoms with E-state index in [4.69, 9.17) is 0 Å². The lowest BCUT2D eigenvalue weighted by Gasteiger charge is -2.27. The van der Waals surface area contributed by atoms with Crippen LogP contribution >= 0.6 is 0 Å². The average Bonchev–Trinajstić information content (AvgIpc) is 2.36. The molecule has 1 N–H and O–H groups in total. The number of nitrogens with zero attached hydrogens (tertiary/aromatic N) is 1. The predicted molar refractivity (Wildman–Crippen MR) is 76.7 cm³/mol. The van der Waals surface area contributed by atoms with Crippen molar-refractivity contribution in [3.8, 4) is 0 Å². The van der Waals surface area contributed by atoms with Gasteiger partial charge in [0.1, 0.15) is 0 Å². The molecule has 1 unspecified atom stereocenters. The summed E-state index contributed by atoms with van der Waals surface area (Å²) >= 11 is 0. The van der Waals surface area contributed by atoms with Gasteiger partial charge >= 0.3 is 0 Å². The first-order valence-corrected chi connectivity index (χ1v) is 6.36. The molecule has 2 rings (SSSR count). The molecule has 2 aromatic rings. The van der Waals surface area contributed by atoms with Gasteiger partial charge < -0.3 is 10.0 Å². The number of aliphatic hydroxyl groups is 1. The summed E-state index contributed by atoms with van der Waals surface area (Å²) in [5.74, 6) is 0. The molecule has 0 aliphatic heterocycles. The third-order valence-electron chi connectivity index (χ3n) is 3.42. The Labute approximate surface area is 109 Å². The SMILES string of the molecule is CN(C)CCC(C)(O)c1cccc2ccccc12. The average molecular weight is 243 g/mol. The van der Waals surface area contributed by atoms with Gasteiger partial charge in [0.05, 0.1) is 5.60 Å². The van der Waals surface area contributed by atoms with E-state index in [2.05, 4.69) is 23.1 Å². The van der Waals surface area contributed by atoms with Crippen molar-refractivity contribution in [1.29, 1.82) is 0 Å². The van der Waals surface area contributed by atoms with Gasteiger partial charge in [0.2, 0.25) is 0 Å². The minimum absolute atomic E-state index is 0.730. The molecule has 2 nitrogen and oxygen atoms in total. The van der Waals surface area contributed by atoms with Crippen LogP contribution in [0.3, 0.4) is 0 Å². The molecule has 0 bridgehead atoms. The molecule has 0 radical (unpaired) electrons. The van der Waals surface area contributed by atoms with E-state index >= 15 is 0 Å². The first-order valence-electron chi connectivity index (χ1n) is 6.36. The molecular weight excluding hydrogens is 222 g/mol. The topological polar surface area (TPSA) is 23.5 Å². The zero-order valence-corrected chi connectivity index (χ0v) is 11.4. The summed E-state index contributed by atoms with van der Waals surface area (Å²) < 4.78 is 0. The minimum atomic E-state index is -0.787. The summed E-state index contributed by atoms with van der Waals surface area (Å²) in [7, 11) is 4.05. The van der Waals surface area contributed by atoms with Crippen molar-refractivity contribution in [1.82, 2.24) is 4.90 Å². The van der Waals surface area contributed by atoms with E-state index in [9.17, 15) is 5.11 Å². The number of fused-ring (bicyclic) bond motifs is 1. The molecule has 0 heterocycles. The largest absolute Gasteiger partial charge is 0.385 e. The van der Waals surface area contributed by atoms with Gasteiger partial charge in [0.15, 0.2) is 0 Å². The van der Waals surface area contributed by atoms with Crippen LogP contribution < -0.4 is 0 Å². The molecule has 2 heteroatoms. The molecule has 0 fully saturated rings. The molecule has 1 atom stereocenters. The smallest absolute Gasteiger partial charge is 0.0886 e. The monoisotopic (exact) mass is 243 g/mol. The maximum absolute atomic E-state index is 10.7. The highest BCUT2D eigenvalue weighted by Crippen LogP contribution is 2.31. The van der Waals surface area contributed by atoms with Crippen LogP contribution in [0.4, 0.5) is 0 Å². The van der Waals surface area contributed by atoms with Crippen molar-refractivity contribution < 1.29 is 5.11 Å². The van der Waals surface area contributed by atoms with E-state index in [1.165, 1.54) is 5.39 Å². The van der Waals surface area contributed by atoms with Gasteiger partial charge in [-0.05, 0) is 43.8 Å². The van der Waals surface area contributed by atoms with Crippen LogP contribution in [-0.4, -0.2) is 30.6 Å². The van der Waals surface area contributed by atoms with Crippen molar-refractivity contribution >= 4 is 10.8 Å². The van der Waals surface area contributed by atoms with E-state index in [0.29, 0.717) is 0 Å². The quantitative estimate of drug-likeness (QED) is 0.892.